The van der Waals surface area contributed by atoms with Gasteiger partial charge in [-0.2, -0.15) is 0 Å². The molecule has 4 atom stereocenters. The molecule has 5 heteroatoms. The number of allylic oxidation sites excluding steroid dienone is 4. The van der Waals surface area contributed by atoms with Crippen LogP contribution in [0.15, 0.2) is 103 Å². The topological polar surface area (TPSA) is 29.3 Å². The monoisotopic (exact) mass is 530 g/mol. The van der Waals surface area contributed by atoms with Crippen LogP contribution in [0.1, 0.15) is 17.5 Å². The summed E-state index contributed by atoms with van der Waals surface area (Å²) in [5, 5.41) is 9.13. The van der Waals surface area contributed by atoms with E-state index >= 15 is 0 Å². The number of nitrogens with one attached hydrogen (secondary N) is 1. The van der Waals surface area contributed by atoms with Gasteiger partial charge in [0.25, 0.3) is 0 Å². The van der Waals surface area contributed by atoms with Crippen LogP contribution in [0.5, 0.6) is 0 Å². The number of imidazole rings is 1. The second-order valence-electron chi connectivity index (χ2n) is 11.1. The van der Waals surface area contributed by atoms with Gasteiger partial charge in [0.15, 0.2) is 7.28 Å². The van der Waals surface area contributed by atoms with Crippen molar-refractivity contribution in [2.45, 2.75) is 12.1 Å². The Morgan fingerprint density at radius 2 is 1.77 bits per heavy atom. The van der Waals surface area contributed by atoms with E-state index in [1.54, 1.807) is 0 Å². The number of anilines is 2. The number of fused-ring (bicyclic) bond motifs is 10. The Morgan fingerprint density at radius 1 is 0.900 bits per heavy atom. The minimum Gasteiger partial charge on any atom is -0.354 e. The summed E-state index contributed by atoms with van der Waals surface area (Å²) in [6.07, 6.45) is 15.4. The summed E-state index contributed by atoms with van der Waals surface area (Å²) in [6.45, 7) is 0. The van der Waals surface area contributed by atoms with Crippen molar-refractivity contribution in [1.82, 2.24) is 9.38 Å². The molecule has 3 aromatic carbocycles. The first kappa shape index (κ1) is 22.7. The fourth-order valence-corrected chi connectivity index (χ4v) is 10.0. The minimum absolute atomic E-state index is 0.518. The fraction of sp³-hybridized carbons (Fsp3) is 0.114. The summed E-state index contributed by atoms with van der Waals surface area (Å²) in [6, 6.07) is 26.5. The lowest BCUT2D eigenvalue weighted by Crippen LogP contribution is -2.32. The number of rotatable bonds is 3. The molecule has 4 aliphatic rings. The third-order valence-electron chi connectivity index (χ3n) is 8.82. The van der Waals surface area contributed by atoms with Gasteiger partial charge in [-0.15, -0.1) is 5.98 Å². The molecule has 40 heavy (non-hydrogen) atoms. The standard InChI is InChI=1S/C35H26BN3P/c1-2-10-23(11-3-1)40(32-15-7-4-9-22-19-25(22)32)33-16-8-13-28-26(33)20-27-34(37-28)24-17-18-36-21-31(24)39-30-14-6-5-12-29(30)38-35(27)39/h1-18,20-22,25,32,37H,19H2. The van der Waals surface area contributed by atoms with Gasteiger partial charge in [0, 0.05) is 33.0 Å². The fourth-order valence-electron chi connectivity index (χ4n) is 6.88. The first-order valence-electron chi connectivity index (χ1n) is 14.1. The number of benzene rings is 3. The molecule has 2 aliphatic carbocycles. The second kappa shape index (κ2) is 8.68. The SMILES string of the molecule is [B]1C=Cc2c3c(c4nc5ccccc5n4c2=C1)=Cc1c(cccc1P(c1ccccc1)C1C=CC=CC2CC21)N3. The summed E-state index contributed by atoms with van der Waals surface area (Å²) in [7, 11) is 1.51. The Labute approximate surface area is 235 Å². The maximum Gasteiger partial charge on any atom is 0.174 e. The zero-order valence-electron chi connectivity index (χ0n) is 21.9. The van der Waals surface area contributed by atoms with Crippen LogP contribution >= 0.6 is 7.92 Å². The Bertz CT molecular complexity index is 2070. The third-order valence-corrected chi connectivity index (χ3v) is 11.7. The summed E-state index contributed by atoms with van der Waals surface area (Å²) >= 11 is 0. The minimum atomic E-state index is -0.610. The number of para-hydroxylation sites is 2. The van der Waals surface area contributed by atoms with Crippen LogP contribution in [-0.2, 0) is 0 Å². The predicted octanol–water partition coefficient (Wildman–Crippen LogP) is 5.36. The van der Waals surface area contributed by atoms with Gasteiger partial charge in [0.2, 0.25) is 0 Å². The van der Waals surface area contributed by atoms with Crippen molar-refractivity contribution in [3.63, 3.8) is 0 Å². The van der Waals surface area contributed by atoms with Crippen molar-refractivity contribution in [2.24, 2.45) is 11.8 Å². The molecular weight excluding hydrogens is 504 g/mol. The zero-order valence-corrected chi connectivity index (χ0v) is 22.8. The maximum atomic E-state index is 5.18. The highest BCUT2D eigenvalue weighted by molar-refractivity contribution is 7.74. The van der Waals surface area contributed by atoms with Crippen molar-refractivity contribution in [3.05, 3.63) is 125 Å². The number of hydrogen-bond donors (Lipinski definition) is 1. The van der Waals surface area contributed by atoms with E-state index in [4.69, 9.17) is 4.98 Å². The highest BCUT2D eigenvalue weighted by Crippen LogP contribution is 2.57. The van der Waals surface area contributed by atoms with E-state index in [2.05, 4.69) is 138 Å². The quantitative estimate of drug-likeness (QED) is 0.247. The van der Waals surface area contributed by atoms with E-state index in [1.165, 1.54) is 44.4 Å². The van der Waals surface area contributed by atoms with Gasteiger partial charge in [0.05, 0.1) is 16.7 Å². The van der Waals surface area contributed by atoms with E-state index in [1.807, 2.05) is 0 Å². The third kappa shape index (κ3) is 3.33. The van der Waals surface area contributed by atoms with Gasteiger partial charge in [-0.3, -0.25) is 4.40 Å². The van der Waals surface area contributed by atoms with Crippen LogP contribution in [0.25, 0.3) is 34.8 Å². The van der Waals surface area contributed by atoms with E-state index in [9.17, 15) is 0 Å². The normalized spacial score (nSPS) is 22.1. The highest BCUT2D eigenvalue weighted by atomic mass is 31.1. The molecule has 0 spiro atoms. The molecule has 0 bridgehead atoms. The predicted molar refractivity (Wildman–Crippen MR) is 171 cm³/mol. The number of hydrogen-bond acceptors (Lipinski definition) is 2. The van der Waals surface area contributed by atoms with E-state index < -0.39 is 7.92 Å². The van der Waals surface area contributed by atoms with E-state index in [0.29, 0.717) is 17.5 Å². The summed E-state index contributed by atoms with van der Waals surface area (Å²) in [5.74, 6) is 5.76. The van der Waals surface area contributed by atoms with Gasteiger partial charge in [-0.05, 0) is 61.1 Å². The molecule has 1 N–H and O–H groups in total. The first-order chi connectivity index (χ1) is 19.8. The Hall–Kier alpha value is -4.14. The lowest BCUT2D eigenvalue weighted by Gasteiger charge is -2.30. The molecular formula is C35H26BN3P. The molecule has 1 fully saturated rings. The molecule has 3 nitrogen and oxygen atoms in total. The van der Waals surface area contributed by atoms with Gasteiger partial charge in [0.1, 0.15) is 5.65 Å². The molecule has 4 unspecified atom stereocenters. The van der Waals surface area contributed by atoms with Crippen LogP contribution in [0.3, 0.4) is 0 Å². The van der Waals surface area contributed by atoms with Crippen LogP contribution in [0.4, 0.5) is 11.4 Å². The van der Waals surface area contributed by atoms with E-state index in [0.717, 1.165) is 22.4 Å². The molecule has 1 radical (unpaired) electrons. The molecule has 0 saturated heterocycles. The Balaban J connectivity index is 1.34. The van der Waals surface area contributed by atoms with Crippen molar-refractivity contribution in [2.75, 3.05) is 5.32 Å². The van der Waals surface area contributed by atoms with Crippen LogP contribution in [0, 0.1) is 11.8 Å². The second-order valence-corrected chi connectivity index (χ2v) is 13.4. The molecule has 1 saturated carbocycles. The molecule has 5 aromatic rings. The maximum absolute atomic E-state index is 5.18. The molecule has 4 heterocycles. The first-order valence-corrected chi connectivity index (χ1v) is 15.5. The number of nitrogens with zero attached hydrogens (tertiary/aromatic N) is 2. The molecule has 9 rings (SSSR count). The van der Waals surface area contributed by atoms with Crippen LogP contribution in [-0.4, -0.2) is 22.3 Å². The number of pyridine rings is 1. The van der Waals surface area contributed by atoms with Crippen LogP contribution in [0.2, 0.25) is 0 Å². The largest absolute Gasteiger partial charge is 0.354 e. The van der Waals surface area contributed by atoms with Crippen molar-refractivity contribution in [1.29, 1.82) is 0 Å². The van der Waals surface area contributed by atoms with Crippen molar-refractivity contribution >= 4 is 72.0 Å². The van der Waals surface area contributed by atoms with Gasteiger partial charge < -0.3 is 5.32 Å². The summed E-state index contributed by atoms with van der Waals surface area (Å²) in [5.41, 5.74) is 8.54. The number of aromatic nitrogens is 2. The summed E-state index contributed by atoms with van der Waals surface area (Å²) in [4.78, 5) is 5.18. The molecule has 2 aliphatic heterocycles. The lowest BCUT2D eigenvalue weighted by molar-refractivity contribution is 0.823. The summed E-state index contributed by atoms with van der Waals surface area (Å²) < 4.78 is 2.34. The van der Waals surface area contributed by atoms with Crippen molar-refractivity contribution in [3.8, 4) is 0 Å². The van der Waals surface area contributed by atoms with Crippen molar-refractivity contribution < 1.29 is 0 Å². The highest BCUT2D eigenvalue weighted by Gasteiger charge is 2.45. The Morgan fingerprint density at radius 3 is 2.73 bits per heavy atom. The van der Waals surface area contributed by atoms with Gasteiger partial charge in [-0.1, -0.05) is 91.0 Å². The smallest absolute Gasteiger partial charge is 0.174 e. The average Bonchev–Trinajstić information content (AvgIpc) is 3.71. The molecule has 0 amide bonds. The molecule has 2 aromatic heterocycles. The van der Waals surface area contributed by atoms with Crippen LogP contribution < -0.4 is 26.5 Å². The van der Waals surface area contributed by atoms with Gasteiger partial charge in [-0.25, -0.2) is 4.98 Å². The van der Waals surface area contributed by atoms with Gasteiger partial charge >= 0.3 is 0 Å². The van der Waals surface area contributed by atoms with E-state index in [-0.39, 0.29) is 0 Å². The lowest BCUT2D eigenvalue weighted by atomic mass is 9.74. The zero-order chi connectivity index (χ0) is 26.2. The Kier molecular flexibility index (Phi) is 4.92. The molecule has 189 valence electrons. The average molecular weight is 530 g/mol.